The Hall–Kier alpha value is -2.89. The molecule has 0 aliphatic carbocycles. The first-order chi connectivity index (χ1) is 13.0. The fraction of sp³-hybridized carbons (Fsp3) is 0.381. The Kier molecular flexibility index (Phi) is 4.34. The zero-order valence-corrected chi connectivity index (χ0v) is 16.1. The van der Waals surface area contributed by atoms with Crippen molar-refractivity contribution in [1.82, 2.24) is 14.8 Å². The van der Waals surface area contributed by atoms with Crippen molar-refractivity contribution < 1.29 is 4.79 Å². The minimum absolute atomic E-state index is 0.0132. The third kappa shape index (κ3) is 2.85. The number of fused-ring (bicyclic) bond motifs is 2. The van der Waals surface area contributed by atoms with E-state index in [2.05, 4.69) is 23.9 Å². The number of carbonyl (C=O) groups excluding carboxylic acids is 1. The van der Waals surface area contributed by atoms with Crippen LogP contribution in [0.3, 0.4) is 0 Å². The molecule has 6 nitrogen and oxygen atoms in total. The van der Waals surface area contributed by atoms with Gasteiger partial charge in [-0.2, -0.15) is 5.10 Å². The summed E-state index contributed by atoms with van der Waals surface area (Å²) in [4.78, 5) is 20.0. The zero-order chi connectivity index (χ0) is 19.1. The van der Waals surface area contributed by atoms with Crippen molar-refractivity contribution in [2.45, 2.75) is 46.1 Å². The van der Waals surface area contributed by atoms with Gasteiger partial charge in [-0.25, -0.2) is 9.67 Å². The van der Waals surface area contributed by atoms with Gasteiger partial charge >= 0.3 is 0 Å². The van der Waals surface area contributed by atoms with E-state index in [-0.39, 0.29) is 11.9 Å². The number of nitrogens with two attached hydrogens (primary N) is 1. The minimum atomic E-state index is -0.0132. The number of hydrogen-bond donors (Lipinski definition) is 1. The van der Waals surface area contributed by atoms with Crippen molar-refractivity contribution in [3.63, 3.8) is 0 Å². The van der Waals surface area contributed by atoms with Crippen LogP contribution in [0.2, 0.25) is 0 Å². The average Bonchev–Trinajstić information content (AvgIpc) is 3.10. The topological polar surface area (TPSA) is 77.0 Å². The number of pyridine rings is 1. The van der Waals surface area contributed by atoms with E-state index in [1.54, 1.807) is 6.20 Å². The number of nitrogens with zero attached hydrogens (tertiary/aromatic N) is 4. The lowest BCUT2D eigenvalue weighted by atomic mass is 9.98. The second kappa shape index (κ2) is 6.68. The van der Waals surface area contributed by atoms with Crippen LogP contribution in [0.4, 0.5) is 11.4 Å². The second-order valence-electron chi connectivity index (χ2n) is 7.30. The molecule has 3 heterocycles. The van der Waals surface area contributed by atoms with E-state index in [1.165, 1.54) is 0 Å². The zero-order valence-electron chi connectivity index (χ0n) is 16.1. The highest BCUT2D eigenvalue weighted by Crippen LogP contribution is 2.33. The predicted molar refractivity (Wildman–Crippen MR) is 108 cm³/mol. The third-order valence-corrected chi connectivity index (χ3v) is 5.47. The van der Waals surface area contributed by atoms with Crippen LogP contribution in [0, 0.1) is 6.92 Å². The molecule has 1 aliphatic rings. The molecule has 0 fully saturated rings. The minimum Gasteiger partial charge on any atom is -0.398 e. The monoisotopic (exact) mass is 363 g/mol. The van der Waals surface area contributed by atoms with Crippen molar-refractivity contribution in [2.24, 2.45) is 0 Å². The molecular weight excluding hydrogens is 338 g/mol. The lowest BCUT2D eigenvalue weighted by Crippen LogP contribution is -2.36. The Morgan fingerprint density at radius 1 is 1.37 bits per heavy atom. The summed E-state index contributed by atoms with van der Waals surface area (Å²) >= 11 is 0. The number of carbonyl (C=O) groups is 1. The van der Waals surface area contributed by atoms with E-state index < -0.39 is 0 Å². The van der Waals surface area contributed by atoms with Gasteiger partial charge in [0, 0.05) is 23.6 Å². The maximum Gasteiger partial charge on any atom is 0.259 e. The first-order valence-electron chi connectivity index (χ1n) is 9.55. The Morgan fingerprint density at radius 3 is 2.96 bits per heavy atom. The van der Waals surface area contributed by atoms with Crippen LogP contribution in [0.1, 0.15) is 54.3 Å². The predicted octanol–water partition coefficient (Wildman–Crippen LogP) is 3.89. The molecule has 1 aromatic carbocycles. The summed E-state index contributed by atoms with van der Waals surface area (Å²) in [7, 11) is 0. The Morgan fingerprint density at radius 2 is 2.19 bits per heavy atom. The average molecular weight is 363 g/mol. The number of nitrogen functional groups attached to an aromatic ring is 1. The van der Waals surface area contributed by atoms with Crippen LogP contribution in [-0.2, 0) is 6.42 Å². The number of aromatic nitrogens is 3. The molecule has 3 aromatic rings. The molecule has 0 spiro atoms. The van der Waals surface area contributed by atoms with E-state index in [1.807, 2.05) is 40.8 Å². The number of amides is 1. The molecule has 140 valence electrons. The van der Waals surface area contributed by atoms with E-state index in [0.717, 1.165) is 52.9 Å². The van der Waals surface area contributed by atoms with Gasteiger partial charge in [-0.1, -0.05) is 13.0 Å². The maximum atomic E-state index is 13.5. The van der Waals surface area contributed by atoms with E-state index in [4.69, 9.17) is 5.73 Å². The van der Waals surface area contributed by atoms with Gasteiger partial charge in [-0.05, 0) is 56.9 Å². The number of aryl methyl sites for hydroxylation is 1. The quantitative estimate of drug-likeness (QED) is 0.716. The normalized spacial score (nSPS) is 15.0. The largest absolute Gasteiger partial charge is 0.398 e. The van der Waals surface area contributed by atoms with Crippen molar-refractivity contribution >= 4 is 28.3 Å². The highest BCUT2D eigenvalue weighted by Gasteiger charge is 2.27. The van der Waals surface area contributed by atoms with E-state index in [0.29, 0.717) is 12.1 Å². The molecule has 4 rings (SSSR count). The first kappa shape index (κ1) is 17.5. The number of hydrogen-bond acceptors (Lipinski definition) is 4. The summed E-state index contributed by atoms with van der Waals surface area (Å²) in [5.74, 6) is -0.0132. The van der Waals surface area contributed by atoms with E-state index in [9.17, 15) is 4.79 Å². The number of benzene rings is 1. The molecule has 2 aromatic heterocycles. The SMILES string of the molecule is CCC(C)n1ncc2c(C(=O)N3CCCc4c(N)cccc43)cc(C)nc21. The fourth-order valence-corrected chi connectivity index (χ4v) is 3.82. The molecule has 0 bridgehead atoms. The van der Waals surface area contributed by atoms with Gasteiger partial charge in [-0.15, -0.1) is 0 Å². The van der Waals surface area contributed by atoms with Gasteiger partial charge in [0.2, 0.25) is 0 Å². The van der Waals surface area contributed by atoms with Gasteiger partial charge in [0.1, 0.15) is 0 Å². The fourth-order valence-electron chi connectivity index (χ4n) is 3.82. The van der Waals surface area contributed by atoms with Crippen molar-refractivity contribution in [2.75, 3.05) is 17.2 Å². The molecule has 0 radical (unpaired) electrons. The van der Waals surface area contributed by atoms with Crippen LogP contribution in [0.5, 0.6) is 0 Å². The molecule has 27 heavy (non-hydrogen) atoms. The van der Waals surface area contributed by atoms with Gasteiger partial charge < -0.3 is 10.6 Å². The molecule has 1 atom stereocenters. The summed E-state index contributed by atoms with van der Waals surface area (Å²) < 4.78 is 1.92. The highest BCUT2D eigenvalue weighted by molar-refractivity contribution is 6.13. The smallest absolute Gasteiger partial charge is 0.259 e. The summed E-state index contributed by atoms with van der Waals surface area (Å²) in [6, 6.07) is 7.89. The Bertz CT molecular complexity index is 1020. The molecule has 0 saturated heterocycles. The highest BCUT2D eigenvalue weighted by atomic mass is 16.2. The molecule has 1 aliphatic heterocycles. The molecular formula is C21H25N5O. The molecule has 1 amide bonds. The van der Waals surface area contributed by atoms with Crippen LogP contribution in [0.15, 0.2) is 30.5 Å². The molecule has 2 N–H and O–H groups in total. The Labute approximate surface area is 159 Å². The standard InChI is InChI=1S/C21H25N5O/c1-4-14(3)26-20-17(12-23-26)16(11-13(2)24-20)21(27)25-10-6-7-15-18(22)8-5-9-19(15)25/h5,8-9,11-12,14H,4,6-7,10,22H2,1-3H3. The molecule has 0 saturated carbocycles. The van der Waals surface area contributed by atoms with E-state index >= 15 is 0 Å². The summed E-state index contributed by atoms with van der Waals surface area (Å²) in [5, 5.41) is 5.32. The summed E-state index contributed by atoms with van der Waals surface area (Å²) in [6.07, 6.45) is 4.54. The van der Waals surface area contributed by atoms with Crippen LogP contribution in [0.25, 0.3) is 11.0 Å². The third-order valence-electron chi connectivity index (χ3n) is 5.47. The number of anilines is 2. The lowest BCUT2D eigenvalue weighted by Gasteiger charge is -2.30. The van der Waals surface area contributed by atoms with Gasteiger partial charge in [0.25, 0.3) is 5.91 Å². The van der Waals surface area contributed by atoms with Gasteiger partial charge in [0.15, 0.2) is 5.65 Å². The van der Waals surface area contributed by atoms with Crippen molar-refractivity contribution in [3.05, 3.63) is 47.3 Å². The molecule has 6 heteroatoms. The maximum absolute atomic E-state index is 13.5. The van der Waals surface area contributed by atoms with Crippen LogP contribution in [-0.4, -0.2) is 27.2 Å². The number of rotatable bonds is 3. The van der Waals surface area contributed by atoms with Crippen LogP contribution >= 0.6 is 0 Å². The Balaban J connectivity index is 1.83. The summed E-state index contributed by atoms with van der Waals surface area (Å²) in [5.41, 5.74) is 11.1. The van der Waals surface area contributed by atoms with Gasteiger partial charge in [0.05, 0.1) is 23.2 Å². The summed E-state index contributed by atoms with van der Waals surface area (Å²) in [6.45, 7) is 6.85. The van der Waals surface area contributed by atoms with Gasteiger partial charge in [-0.3, -0.25) is 4.79 Å². The van der Waals surface area contributed by atoms with Crippen LogP contribution < -0.4 is 10.6 Å². The molecule has 1 unspecified atom stereocenters. The first-order valence-corrected chi connectivity index (χ1v) is 9.55. The second-order valence-corrected chi connectivity index (χ2v) is 7.30. The van der Waals surface area contributed by atoms with Crippen molar-refractivity contribution in [1.29, 1.82) is 0 Å². The van der Waals surface area contributed by atoms with Crippen molar-refractivity contribution in [3.8, 4) is 0 Å². The lowest BCUT2D eigenvalue weighted by molar-refractivity contribution is 0.0986.